The second kappa shape index (κ2) is 9.88. The van der Waals surface area contributed by atoms with Gasteiger partial charge in [0.15, 0.2) is 5.16 Å². The topological polar surface area (TPSA) is 87.7 Å². The zero-order valence-corrected chi connectivity index (χ0v) is 18.7. The number of aromatic amines is 1. The maximum absolute atomic E-state index is 13.7. The first-order chi connectivity index (χ1) is 15.5. The van der Waals surface area contributed by atoms with Crippen molar-refractivity contribution in [1.29, 1.82) is 0 Å². The molecule has 0 fully saturated rings. The smallest absolute Gasteiger partial charge is 0.252 e. The van der Waals surface area contributed by atoms with Crippen LogP contribution >= 0.6 is 23.1 Å². The molecule has 4 rings (SSSR count). The van der Waals surface area contributed by atoms with E-state index in [1.165, 1.54) is 23.5 Å². The van der Waals surface area contributed by atoms with Crippen molar-refractivity contribution in [3.63, 3.8) is 0 Å². The summed E-state index contributed by atoms with van der Waals surface area (Å²) in [6, 6.07) is 17.5. The van der Waals surface area contributed by atoms with E-state index in [9.17, 15) is 14.0 Å². The first-order valence-electron chi connectivity index (χ1n) is 9.77. The predicted octanol–water partition coefficient (Wildman–Crippen LogP) is 4.42. The largest absolute Gasteiger partial charge is 0.351 e. The molecule has 2 aromatic carbocycles. The van der Waals surface area contributed by atoms with Gasteiger partial charge in [0.05, 0.1) is 22.0 Å². The minimum atomic E-state index is -0.367. The van der Waals surface area contributed by atoms with Crippen LogP contribution in [0.3, 0.4) is 0 Å². The van der Waals surface area contributed by atoms with E-state index in [2.05, 4.69) is 20.3 Å². The van der Waals surface area contributed by atoms with Gasteiger partial charge in [-0.25, -0.2) is 14.4 Å². The van der Waals surface area contributed by atoms with Crippen molar-refractivity contribution in [3.05, 3.63) is 88.1 Å². The minimum Gasteiger partial charge on any atom is -0.351 e. The molecule has 0 unspecified atom stereocenters. The molecule has 6 nitrogen and oxygen atoms in total. The molecule has 0 aliphatic heterocycles. The van der Waals surface area contributed by atoms with Gasteiger partial charge >= 0.3 is 0 Å². The van der Waals surface area contributed by atoms with E-state index in [-0.39, 0.29) is 29.6 Å². The fraction of sp³-hybridized carbons (Fsp3) is 0.130. The van der Waals surface area contributed by atoms with Crippen LogP contribution in [-0.2, 0) is 11.3 Å². The number of carbonyl (C=O) groups excluding carboxylic acids is 1. The molecule has 162 valence electrons. The summed E-state index contributed by atoms with van der Waals surface area (Å²) in [5.74, 6) is -0.613. The standard InChI is InChI=1S/C23H19FN4O2S2/c1-14-21(32-22(26-14)15-7-3-2-4-8-15)18-11-19(29)28-23(27-18)31-13-20(30)25-12-16-9-5-6-10-17(16)24/h2-11H,12-13H2,1H3,(H,25,30)(H,27,28,29). The van der Waals surface area contributed by atoms with Crippen molar-refractivity contribution >= 4 is 29.0 Å². The summed E-state index contributed by atoms with van der Waals surface area (Å²) >= 11 is 2.58. The Morgan fingerprint density at radius 1 is 1.12 bits per heavy atom. The van der Waals surface area contributed by atoms with E-state index >= 15 is 0 Å². The molecule has 0 aliphatic carbocycles. The highest BCUT2D eigenvalue weighted by molar-refractivity contribution is 7.99. The second-order valence-electron chi connectivity index (χ2n) is 6.89. The molecule has 2 heterocycles. The van der Waals surface area contributed by atoms with Gasteiger partial charge in [0.1, 0.15) is 10.8 Å². The van der Waals surface area contributed by atoms with Crippen LogP contribution in [0.15, 0.2) is 70.6 Å². The zero-order valence-electron chi connectivity index (χ0n) is 17.1. The van der Waals surface area contributed by atoms with E-state index in [4.69, 9.17) is 0 Å². The monoisotopic (exact) mass is 466 g/mol. The van der Waals surface area contributed by atoms with E-state index < -0.39 is 0 Å². The van der Waals surface area contributed by atoms with Crippen molar-refractivity contribution < 1.29 is 9.18 Å². The molecule has 9 heteroatoms. The maximum atomic E-state index is 13.7. The summed E-state index contributed by atoms with van der Waals surface area (Å²) < 4.78 is 13.7. The molecule has 0 saturated carbocycles. The lowest BCUT2D eigenvalue weighted by Gasteiger charge is -2.06. The molecule has 0 atom stereocenters. The molecular weight excluding hydrogens is 447 g/mol. The van der Waals surface area contributed by atoms with E-state index in [0.29, 0.717) is 16.4 Å². The number of hydrogen-bond acceptors (Lipinski definition) is 6. The number of thiazole rings is 1. The Balaban J connectivity index is 1.45. The lowest BCUT2D eigenvalue weighted by Crippen LogP contribution is -2.25. The number of halogens is 1. The molecule has 2 aromatic heterocycles. The number of hydrogen-bond donors (Lipinski definition) is 2. The number of H-pyrrole nitrogens is 1. The average molecular weight is 467 g/mol. The Labute approximate surface area is 192 Å². The van der Waals surface area contributed by atoms with Gasteiger partial charge in [0.25, 0.3) is 5.56 Å². The normalized spacial score (nSPS) is 10.8. The van der Waals surface area contributed by atoms with Crippen LogP contribution in [0.2, 0.25) is 0 Å². The first kappa shape index (κ1) is 21.9. The second-order valence-corrected chi connectivity index (χ2v) is 8.86. The van der Waals surface area contributed by atoms with Crippen LogP contribution in [0.1, 0.15) is 11.3 Å². The third kappa shape index (κ3) is 5.30. The van der Waals surface area contributed by atoms with Crippen LogP contribution in [0, 0.1) is 12.7 Å². The third-order valence-corrected chi connectivity index (χ3v) is 6.65. The van der Waals surface area contributed by atoms with Crippen molar-refractivity contribution in [3.8, 4) is 21.1 Å². The molecule has 0 bridgehead atoms. The van der Waals surface area contributed by atoms with Crippen molar-refractivity contribution in [2.24, 2.45) is 0 Å². The van der Waals surface area contributed by atoms with E-state index in [1.807, 2.05) is 37.3 Å². The number of benzene rings is 2. The third-order valence-electron chi connectivity index (χ3n) is 4.54. The minimum absolute atomic E-state index is 0.0395. The molecule has 1 amide bonds. The Bertz CT molecular complexity index is 1300. The number of thioether (sulfide) groups is 1. The summed E-state index contributed by atoms with van der Waals surface area (Å²) in [5.41, 5.74) is 2.40. The van der Waals surface area contributed by atoms with E-state index in [0.717, 1.165) is 32.9 Å². The van der Waals surface area contributed by atoms with Gasteiger partial charge in [0.2, 0.25) is 5.91 Å². The fourth-order valence-electron chi connectivity index (χ4n) is 2.98. The number of amides is 1. The zero-order chi connectivity index (χ0) is 22.5. The molecule has 0 aliphatic rings. The van der Waals surface area contributed by atoms with Gasteiger partial charge < -0.3 is 10.3 Å². The molecule has 4 aromatic rings. The van der Waals surface area contributed by atoms with Crippen molar-refractivity contribution in [2.75, 3.05) is 5.75 Å². The van der Waals surface area contributed by atoms with Gasteiger partial charge in [0, 0.05) is 23.7 Å². The number of aryl methyl sites for hydroxylation is 1. The Morgan fingerprint density at radius 2 is 1.88 bits per heavy atom. The Morgan fingerprint density at radius 3 is 2.66 bits per heavy atom. The molecule has 0 saturated heterocycles. The highest BCUT2D eigenvalue weighted by atomic mass is 32.2. The molecule has 0 spiro atoms. The molecule has 32 heavy (non-hydrogen) atoms. The van der Waals surface area contributed by atoms with Crippen LogP contribution in [0.4, 0.5) is 4.39 Å². The van der Waals surface area contributed by atoms with Crippen LogP contribution in [0.25, 0.3) is 21.1 Å². The van der Waals surface area contributed by atoms with Gasteiger partial charge in [-0.1, -0.05) is 60.3 Å². The lowest BCUT2D eigenvalue weighted by molar-refractivity contribution is -0.118. The number of carbonyl (C=O) groups is 1. The average Bonchev–Trinajstić information content (AvgIpc) is 3.19. The highest BCUT2D eigenvalue weighted by Gasteiger charge is 2.15. The number of nitrogens with zero attached hydrogens (tertiary/aromatic N) is 2. The lowest BCUT2D eigenvalue weighted by atomic mass is 10.2. The van der Waals surface area contributed by atoms with Gasteiger partial charge in [-0.05, 0) is 13.0 Å². The van der Waals surface area contributed by atoms with Gasteiger partial charge in [-0.3, -0.25) is 9.59 Å². The summed E-state index contributed by atoms with van der Waals surface area (Å²) in [7, 11) is 0. The van der Waals surface area contributed by atoms with Crippen molar-refractivity contribution in [2.45, 2.75) is 18.6 Å². The molecule has 2 N–H and O–H groups in total. The van der Waals surface area contributed by atoms with E-state index in [1.54, 1.807) is 18.2 Å². The maximum Gasteiger partial charge on any atom is 0.252 e. The van der Waals surface area contributed by atoms with Crippen molar-refractivity contribution in [1.82, 2.24) is 20.3 Å². The summed E-state index contributed by atoms with van der Waals surface area (Å²) in [5, 5.41) is 3.86. The number of rotatable bonds is 7. The SMILES string of the molecule is Cc1nc(-c2ccccc2)sc1-c1cc(=O)[nH]c(SCC(=O)NCc2ccccc2F)n1. The Kier molecular flexibility index (Phi) is 6.77. The highest BCUT2D eigenvalue weighted by Crippen LogP contribution is 2.34. The number of aromatic nitrogens is 3. The summed E-state index contributed by atoms with van der Waals surface area (Å²) in [6.45, 7) is 1.97. The van der Waals surface area contributed by atoms with Crippen LogP contribution < -0.4 is 10.9 Å². The quantitative estimate of drug-likeness (QED) is 0.311. The Hall–Kier alpha value is -3.30. The first-order valence-corrected chi connectivity index (χ1v) is 11.6. The summed E-state index contributed by atoms with van der Waals surface area (Å²) in [6.07, 6.45) is 0. The molecular formula is C23H19FN4O2S2. The van der Waals surface area contributed by atoms with Gasteiger partial charge in [-0.2, -0.15) is 0 Å². The van der Waals surface area contributed by atoms with Crippen LogP contribution in [-0.4, -0.2) is 26.6 Å². The fourth-order valence-corrected chi connectivity index (χ4v) is 4.72. The number of nitrogens with one attached hydrogen (secondary N) is 2. The summed E-state index contributed by atoms with van der Waals surface area (Å²) in [4.78, 5) is 37.0. The van der Waals surface area contributed by atoms with Crippen LogP contribution in [0.5, 0.6) is 0 Å². The predicted molar refractivity (Wildman–Crippen MR) is 125 cm³/mol. The molecule has 0 radical (unpaired) electrons. The van der Waals surface area contributed by atoms with Gasteiger partial charge in [-0.15, -0.1) is 11.3 Å².